The van der Waals surface area contributed by atoms with Gasteiger partial charge in [-0.25, -0.2) is 0 Å². The first-order valence-electron chi connectivity index (χ1n) is 12.1. The quantitative estimate of drug-likeness (QED) is 0.157. The lowest BCUT2D eigenvalue weighted by atomic mass is 10.1. The molecule has 0 aromatic heterocycles. The third-order valence-electron chi connectivity index (χ3n) is 5.59. The number of anilines is 2. The summed E-state index contributed by atoms with van der Waals surface area (Å²) in [5, 5.41) is 8.96. The second-order valence-corrected chi connectivity index (χ2v) is 10.0. The summed E-state index contributed by atoms with van der Waals surface area (Å²) in [6, 6.07) is 30.4. The summed E-state index contributed by atoms with van der Waals surface area (Å²) in [5.41, 5.74) is 3.49. The molecule has 0 saturated heterocycles. The van der Waals surface area contributed by atoms with Crippen molar-refractivity contribution in [3.05, 3.63) is 131 Å². The first-order chi connectivity index (χ1) is 18.9. The van der Waals surface area contributed by atoms with Gasteiger partial charge in [0.25, 0.3) is 11.8 Å². The van der Waals surface area contributed by atoms with E-state index in [0.29, 0.717) is 21.8 Å². The Kier molecular flexibility index (Phi) is 9.56. The number of nitrogens with one attached hydrogen (secondary N) is 3. The molecule has 39 heavy (non-hydrogen) atoms. The standard InChI is InChI=1S/C31H26ClN3O3S/c1-21-8-5-6-13-27(21)34-29(36)20-39-26-16-14-25(15-17-26)33-31(38)28(19-22-9-7-12-24(32)18-22)35-30(37)23-10-3-2-4-11-23/h2-19H,20H2,1H3,(H,33,38)(H,34,36)(H,35,37)/b28-19-. The van der Waals surface area contributed by atoms with Crippen molar-refractivity contribution in [1.29, 1.82) is 0 Å². The Morgan fingerprint density at radius 3 is 2.26 bits per heavy atom. The van der Waals surface area contributed by atoms with Gasteiger partial charge in [-0.05, 0) is 78.7 Å². The van der Waals surface area contributed by atoms with Crippen molar-refractivity contribution in [2.75, 3.05) is 16.4 Å². The van der Waals surface area contributed by atoms with Crippen molar-refractivity contribution in [3.8, 4) is 0 Å². The van der Waals surface area contributed by atoms with Gasteiger partial charge in [0.05, 0.1) is 5.75 Å². The first-order valence-corrected chi connectivity index (χ1v) is 13.5. The van der Waals surface area contributed by atoms with Gasteiger partial charge >= 0.3 is 0 Å². The number of para-hydroxylation sites is 1. The summed E-state index contributed by atoms with van der Waals surface area (Å²) in [7, 11) is 0. The fraction of sp³-hybridized carbons (Fsp3) is 0.0645. The summed E-state index contributed by atoms with van der Waals surface area (Å²) in [5.74, 6) is -0.749. The minimum absolute atomic E-state index is 0.0671. The number of aryl methyl sites for hydroxylation is 1. The number of hydrogen-bond donors (Lipinski definition) is 3. The van der Waals surface area contributed by atoms with Gasteiger partial charge in [-0.15, -0.1) is 11.8 Å². The van der Waals surface area contributed by atoms with E-state index >= 15 is 0 Å². The second-order valence-electron chi connectivity index (χ2n) is 8.56. The minimum atomic E-state index is -0.489. The largest absolute Gasteiger partial charge is 0.325 e. The highest BCUT2D eigenvalue weighted by molar-refractivity contribution is 8.00. The molecule has 0 unspecified atom stereocenters. The topological polar surface area (TPSA) is 87.3 Å². The predicted octanol–water partition coefficient (Wildman–Crippen LogP) is 6.79. The number of benzene rings is 4. The second kappa shape index (κ2) is 13.5. The Morgan fingerprint density at radius 1 is 0.821 bits per heavy atom. The minimum Gasteiger partial charge on any atom is -0.325 e. The highest BCUT2D eigenvalue weighted by atomic mass is 35.5. The molecule has 0 spiro atoms. The van der Waals surface area contributed by atoms with Crippen molar-refractivity contribution in [1.82, 2.24) is 5.32 Å². The molecular weight excluding hydrogens is 530 g/mol. The van der Waals surface area contributed by atoms with Crippen LogP contribution in [-0.2, 0) is 9.59 Å². The average molecular weight is 556 g/mol. The van der Waals surface area contributed by atoms with Gasteiger partial charge in [0.1, 0.15) is 5.70 Å². The van der Waals surface area contributed by atoms with Crippen molar-refractivity contribution >= 4 is 58.5 Å². The molecule has 3 N–H and O–H groups in total. The van der Waals surface area contributed by atoms with E-state index in [9.17, 15) is 14.4 Å². The number of halogens is 1. The highest BCUT2D eigenvalue weighted by Crippen LogP contribution is 2.22. The molecule has 6 nitrogen and oxygen atoms in total. The van der Waals surface area contributed by atoms with E-state index in [2.05, 4.69) is 16.0 Å². The molecule has 8 heteroatoms. The van der Waals surface area contributed by atoms with Crippen LogP contribution in [0.25, 0.3) is 6.08 Å². The van der Waals surface area contributed by atoms with E-state index in [1.807, 2.05) is 49.4 Å². The van der Waals surface area contributed by atoms with E-state index in [1.165, 1.54) is 11.8 Å². The first kappa shape index (κ1) is 27.7. The Balaban J connectivity index is 1.41. The maximum Gasteiger partial charge on any atom is 0.272 e. The highest BCUT2D eigenvalue weighted by Gasteiger charge is 2.15. The molecule has 0 radical (unpaired) electrons. The van der Waals surface area contributed by atoms with Crippen LogP contribution in [0.1, 0.15) is 21.5 Å². The van der Waals surface area contributed by atoms with Gasteiger partial charge in [0, 0.05) is 26.9 Å². The maximum absolute atomic E-state index is 13.2. The van der Waals surface area contributed by atoms with Crippen molar-refractivity contribution in [2.45, 2.75) is 11.8 Å². The van der Waals surface area contributed by atoms with Crippen LogP contribution in [0.2, 0.25) is 5.02 Å². The Bertz CT molecular complexity index is 1510. The zero-order valence-corrected chi connectivity index (χ0v) is 22.7. The smallest absolute Gasteiger partial charge is 0.272 e. The van der Waals surface area contributed by atoms with Crippen LogP contribution in [0.5, 0.6) is 0 Å². The molecule has 4 aromatic carbocycles. The number of rotatable bonds is 9. The van der Waals surface area contributed by atoms with Crippen LogP contribution in [0.15, 0.2) is 114 Å². The summed E-state index contributed by atoms with van der Waals surface area (Å²) in [6.07, 6.45) is 1.57. The summed E-state index contributed by atoms with van der Waals surface area (Å²) >= 11 is 7.49. The molecule has 0 saturated carbocycles. The maximum atomic E-state index is 13.2. The van der Waals surface area contributed by atoms with Crippen LogP contribution in [0, 0.1) is 6.92 Å². The molecule has 0 aliphatic rings. The molecule has 0 aliphatic heterocycles. The average Bonchev–Trinajstić information content (AvgIpc) is 2.94. The molecule has 0 atom stereocenters. The normalized spacial score (nSPS) is 11.0. The van der Waals surface area contributed by atoms with Crippen LogP contribution in [0.3, 0.4) is 0 Å². The van der Waals surface area contributed by atoms with E-state index < -0.39 is 11.8 Å². The fourth-order valence-corrected chi connectivity index (χ4v) is 4.48. The molecule has 0 heterocycles. The number of thioether (sulfide) groups is 1. The Hall–Kier alpha value is -4.33. The van der Waals surface area contributed by atoms with Gasteiger partial charge < -0.3 is 16.0 Å². The SMILES string of the molecule is Cc1ccccc1NC(=O)CSc1ccc(NC(=O)/C(=C/c2cccc(Cl)c2)NC(=O)c2ccccc2)cc1. The van der Waals surface area contributed by atoms with Crippen LogP contribution in [0.4, 0.5) is 11.4 Å². The van der Waals surface area contributed by atoms with E-state index in [0.717, 1.165) is 16.1 Å². The van der Waals surface area contributed by atoms with Gasteiger partial charge in [-0.2, -0.15) is 0 Å². The van der Waals surface area contributed by atoms with Crippen molar-refractivity contribution < 1.29 is 14.4 Å². The van der Waals surface area contributed by atoms with Crippen molar-refractivity contribution in [2.24, 2.45) is 0 Å². The summed E-state index contributed by atoms with van der Waals surface area (Å²) < 4.78 is 0. The summed E-state index contributed by atoms with van der Waals surface area (Å²) in [6.45, 7) is 1.94. The lowest BCUT2D eigenvalue weighted by Gasteiger charge is -2.12. The van der Waals surface area contributed by atoms with E-state index in [1.54, 1.807) is 66.7 Å². The third kappa shape index (κ3) is 8.33. The van der Waals surface area contributed by atoms with E-state index in [4.69, 9.17) is 11.6 Å². The molecular formula is C31H26ClN3O3S. The lowest BCUT2D eigenvalue weighted by Crippen LogP contribution is -2.30. The van der Waals surface area contributed by atoms with Gasteiger partial charge in [-0.3, -0.25) is 14.4 Å². The molecule has 0 bridgehead atoms. The fourth-order valence-electron chi connectivity index (χ4n) is 3.59. The van der Waals surface area contributed by atoms with Gasteiger partial charge in [0.2, 0.25) is 5.91 Å². The monoisotopic (exact) mass is 555 g/mol. The Morgan fingerprint density at radius 2 is 1.54 bits per heavy atom. The number of carbonyl (C=O) groups is 3. The zero-order valence-electron chi connectivity index (χ0n) is 21.1. The number of carbonyl (C=O) groups excluding carboxylic acids is 3. The molecule has 196 valence electrons. The number of hydrogen-bond acceptors (Lipinski definition) is 4. The van der Waals surface area contributed by atoms with Crippen molar-refractivity contribution in [3.63, 3.8) is 0 Å². The van der Waals surface area contributed by atoms with Gasteiger partial charge in [0.15, 0.2) is 0 Å². The Labute approximate surface area is 236 Å². The molecule has 0 aliphatic carbocycles. The third-order valence-corrected chi connectivity index (χ3v) is 6.84. The zero-order chi connectivity index (χ0) is 27.6. The van der Waals surface area contributed by atoms with Crippen LogP contribution < -0.4 is 16.0 Å². The molecule has 3 amide bonds. The molecule has 4 rings (SSSR count). The van der Waals surface area contributed by atoms with Crippen LogP contribution >= 0.6 is 23.4 Å². The van der Waals surface area contributed by atoms with E-state index in [-0.39, 0.29) is 17.4 Å². The lowest BCUT2D eigenvalue weighted by molar-refractivity contribution is -0.114. The molecule has 4 aromatic rings. The predicted molar refractivity (Wildman–Crippen MR) is 159 cm³/mol. The number of amides is 3. The van der Waals surface area contributed by atoms with Gasteiger partial charge in [-0.1, -0.05) is 60.1 Å². The molecule has 0 fully saturated rings. The summed E-state index contributed by atoms with van der Waals surface area (Å²) in [4.78, 5) is 39.2. The van der Waals surface area contributed by atoms with Crippen LogP contribution in [-0.4, -0.2) is 23.5 Å².